The topological polar surface area (TPSA) is 103 Å². The van der Waals surface area contributed by atoms with Gasteiger partial charge in [-0.3, -0.25) is 4.68 Å². The number of aromatic nitrogens is 4. The molecule has 23 heavy (non-hydrogen) atoms. The molecule has 8 heteroatoms. The van der Waals surface area contributed by atoms with Gasteiger partial charge in [0.1, 0.15) is 11.1 Å². The first kappa shape index (κ1) is 15.0. The van der Waals surface area contributed by atoms with Crippen LogP contribution in [-0.2, 0) is 13.5 Å². The lowest BCUT2D eigenvalue weighted by molar-refractivity contribution is 0.145. The molecular formula is C15H16N4O4. The second-order valence-electron chi connectivity index (χ2n) is 5.21. The van der Waals surface area contributed by atoms with Crippen molar-refractivity contribution in [1.82, 2.24) is 19.9 Å². The molecule has 3 rings (SSSR count). The van der Waals surface area contributed by atoms with Crippen LogP contribution in [0.5, 0.6) is 5.75 Å². The fourth-order valence-electron chi connectivity index (χ4n) is 2.61. The van der Waals surface area contributed by atoms with Gasteiger partial charge in [0.15, 0.2) is 5.75 Å². The highest BCUT2D eigenvalue weighted by Crippen LogP contribution is 2.37. The van der Waals surface area contributed by atoms with Crippen LogP contribution in [-0.4, -0.2) is 31.2 Å². The van der Waals surface area contributed by atoms with Gasteiger partial charge in [-0.2, -0.15) is 5.10 Å². The zero-order chi connectivity index (χ0) is 16.7. The first-order valence-electron chi connectivity index (χ1n) is 7.13. The number of hydrogen-bond donors (Lipinski definition) is 1. The van der Waals surface area contributed by atoms with Crippen molar-refractivity contribution < 1.29 is 19.2 Å². The van der Waals surface area contributed by atoms with Crippen LogP contribution in [0, 0.1) is 13.8 Å². The zero-order valence-corrected chi connectivity index (χ0v) is 13.2. The zero-order valence-electron chi connectivity index (χ0n) is 13.2. The van der Waals surface area contributed by atoms with E-state index in [1.807, 2.05) is 27.8 Å². The predicted octanol–water partition coefficient (Wildman–Crippen LogP) is 2.86. The summed E-state index contributed by atoms with van der Waals surface area (Å²) in [5, 5.41) is 17.9. The van der Waals surface area contributed by atoms with Crippen LogP contribution in [0.3, 0.4) is 0 Å². The van der Waals surface area contributed by atoms with Crippen molar-refractivity contribution in [3.8, 4) is 17.0 Å². The fourth-order valence-corrected chi connectivity index (χ4v) is 2.61. The molecule has 0 fully saturated rings. The number of rotatable bonds is 3. The van der Waals surface area contributed by atoms with E-state index >= 15 is 0 Å². The van der Waals surface area contributed by atoms with Gasteiger partial charge in [0.05, 0.1) is 5.69 Å². The highest BCUT2D eigenvalue weighted by atomic mass is 16.7. The molecule has 0 amide bonds. The van der Waals surface area contributed by atoms with E-state index in [-0.39, 0.29) is 11.5 Å². The Hall–Kier alpha value is -2.90. The van der Waals surface area contributed by atoms with Gasteiger partial charge >= 0.3 is 6.16 Å². The molecule has 0 aliphatic rings. The van der Waals surface area contributed by atoms with Gasteiger partial charge < -0.3 is 14.4 Å². The summed E-state index contributed by atoms with van der Waals surface area (Å²) in [6.07, 6.45) is -0.779. The molecule has 0 aliphatic carbocycles. The van der Waals surface area contributed by atoms with Gasteiger partial charge in [-0.15, -0.1) is 0 Å². The average molecular weight is 316 g/mol. The van der Waals surface area contributed by atoms with Gasteiger partial charge in [0.2, 0.25) is 0 Å². The Bertz CT molecular complexity index is 910. The highest BCUT2D eigenvalue weighted by molar-refractivity contribution is 5.96. The Morgan fingerprint density at radius 3 is 2.74 bits per heavy atom. The van der Waals surface area contributed by atoms with Crippen molar-refractivity contribution in [2.24, 2.45) is 7.05 Å². The van der Waals surface area contributed by atoms with Gasteiger partial charge in [0.25, 0.3) is 5.71 Å². The third kappa shape index (κ3) is 2.41. The number of carboxylic acid groups (broad SMARTS) is 1. The molecule has 0 saturated carbocycles. The van der Waals surface area contributed by atoms with Crippen LogP contribution in [0.1, 0.15) is 24.0 Å². The standard InChI is InChI=1S/C15H16N4O4/c1-5-9-6-10(22-15(20)21)12-13(18-23-14(12)16-9)11-7(2)17-19(4)8(11)3/h6H,5H2,1-4H3,(H,20,21). The van der Waals surface area contributed by atoms with E-state index in [4.69, 9.17) is 14.4 Å². The SMILES string of the molecule is CCc1cc(OC(=O)O)c2c(-c3c(C)nn(C)c3C)noc2n1. The first-order chi connectivity index (χ1) is 10.9. The lowest BCUT2D eigenvalue weighted by Crippen LogP contribution is -2.04. The van der Waals surface area contributed by atoms with Crippen molar-refractivity contribution >= 4 is 17.3 Å². The number of carbonyl (C=O) groups is 1. The summed E-state index contributed by atoms with van der Waals surface area (Å²) >= 11 is 0. The Balaban J connectivity index is 2.32. The van der Waals surface area contributed by atoms with Crippen LogP contribution in [0.25, 0.3) is 22.4 Å². The third-order valence-corrected chi connectivity index (χ3v) is 3.77. The van der Waals surface area contributed by atoms with E-state index in [0.717, 1.165) is 17.0 Å². The predicted molar refractivity (Wildman–Crippen MR) is 81.5 cm³/mol. The molecule has 0 spiro atoms. The molecule has 0 aromatic carbocycles. The average Bonchev–Trinajstić information content (AvgIpc) is 3.00. The largest absolute Gasteiger partial charge is 0.511 e. The maximum Gasteiger partial charge on any atom is 0.511 e. The van der Waals surface area contributed by atoms with E-state index in [1.54, 1.807) is 10.7 Å². The Morgan fingerprint density at radius 1 is 1.43 bits per heavy atom. The Morgan fingerprint density at radius 2 is 2.17 bits per heavy atom. The van der Waals surface area contributed by atoms with E-state index in [2.05, 4.69) is 15.2 Å². The summed E-state index contributed by atoms with van der Waals surface area (Å²) < 4.78 is 12.0. The normalized spacial score (nSPS) is 11.1. The minimum absolute atomic E-state index is 0.165. The molecule has 3 heterocycles. The van der Waals surface area contributed by atoms with Crippen LogP contribution in [0.2, 0.25) is 0 Å². The molecule has 120 valence electrons. The van der Waals surface area contributed by atoms with Gasteiger partial charge in [-0.1, -0.05) is 12.1 Å². The Labute approximate surface area is 131 Å². The molecule has 1 N–H and O–H groups in total. The minimum Gasteiger partial charge on any atom is -0.449 e. The van der Waals surface area contributed by atoms with Gasteiger partial charge in [0, 0.05) is 30.1 Å². The molecule has 3 aromatic rings. The van der Waals surface area contributed by atoms with Crippen molar-refractivity contribution in [3.05, 3.63) is 23.1 Å². The summed E-state index contributed by atoms with van der Waals surface area (Å²) in [5.74, 6) is 0.165. The molecule has 0 radical (unpaired) electrons. The number of aryl methyl sites for hydroxylation is 3. The quantitative estimate of drug-likeness (QED) is 0.741. The smallest absolute Gasteiger partial charge is 0.449 e. The maximum absolute atomic E-state index is 11.0. The second kappa shape index (κ2) is 5.38. The molecule has 8 nitrogen and oxygen atoms in total. The summed E-state index contributed by atoms with van der Waals surface area (Å²) in [5.41, 5.74) is 3.83. The van der Waals surface area contributed by atoms with Crippen LogP contribution < -0.4 is 4.74 Å². The number of fused-ring (bicyclic) bond motifs is 1. The van der Waals surface area contributed by atoms with E-state index in [9.17, 15) is 4.79 Å². The molecule has 0 aliphatic heterocycles. The minimum atomic E-state index is -1.40. The van der Waals surface area contributed by atoms with Crippen molar-refractivity contribution in [3.63, 3.8) is 0 Å². The Kier molecular flexibility index (Phi) is 3.51. The molecule has 0 unspecified atom stereocenters. The third-order valence-electron chi connectivity index (χ3n) is 3.77. The van der Waals surface area contributed by atoms with Crippen molar-refractivity contribution in [2.45, 2.75) is 27.2 Å². The summed E-state index contributed by atoms with van der Waals surface area (Å²) in [6, 6.07) is 1.60. The molecule has 3 aromatic heterocycles. The second-order valence-corrected chi connectivity index (χ2v) is 5.21. The van der Waals surface area contributed by atoms with Crippen LogP contribution >= 0.6 is 0 Å². The summed E-state index contributed by atoms with van der Waals surface area (Å²) in [7, 11) is 1.83. The molecule has 0 bridgehead atoms. The first-order valence-corrected chi connectivity index (χ1v) is 7.13. The number of pyridine rings is 1. The van der Waals surface area contributed by atoms with E-state index in [0.29, 0.717) is 23.2 Å². The van der Waals surface area contributed by atoms with E-state index < -0.39 is 6.16 Å². The fraction of sp³-hybridized carbons (Fsp3) is 0.333. The monoisotopic (exact) mass is 316 g/mol. The lowest BCUT2D eigenvalue weighted by atomic mass is 10.1. The van der Waals surface area contributed by atoms with Crippen molar-refractivity contribution in [2.75, 3.05) is 0 Å². The number of nitrogens with zero attached hydrogens (tertiary/aromatic N) is 4. The molecular weight excluding hydrogens is 300 g/mol. The molecule has 0 saturated heterocycles. The summed E-state index contributed by atoms with van der Waals surface area (Å²) in [4.78, 5) is 15.4. The summed E-state index contributed by atoms with van der Waals surface area (Å²) in [6.45, 7) is 5.67. The van der Waals surface area contributed by atoms with Crippen LogP contribution in [0.15, 0.2) is 10.6 Å². The maximum atomic E-state index is 11.0. The number of ether oxygens (including phenoxy) is 1. The molecule has 0 atom stereocenters. The number of hydrogen-bond acceptors (Lipinski definition) is 6. The van der Waals surface area contributed by atoms with Gasteiger partial charge in [-0.25, -0.2) is 9.78 Å². The van der Waals surface area contributed by atoms with Gasteiger partial charge in [-0.05, 0) is 20.3 Å². The lowest BCUT2D eigenvalue weighted by Gasteiger charge is -2.05. The van der Waals surface area contributed by atoms with Crippen LogP contribution in [0.4, 0.5) is 4.79 Å². The van der Waals surface area contributed by atoms with Crippen molar-refractivity contribution in [1.29, 1.82) is 0 Å². The highest BCUT2D eigenvalue weighted by Gasteiger charge is 2.24. The van der Waals surface area contributed by atoms with E-state index in [1.165, 1.54) is 0 Å².